The molecule has 0 N–H and O–H groups in total. The summed E-state index contributed by atoms with van der Waals surface area (Å²) in [4.78, 5) is 0. The molecule has 2 aromatic carbocycles. The van der Waals surface area contributed by atoms with Crippen molar-refractivity contribution in [2.75, 3.05) is 0 Å². The summed E-state index contributed by atoms with van der Waals surface area (Å²) in [5, 5.41) is 0. The first-order valence-electron chi connectivity index (χ1n) is 6.05. The number of fused-ring (bicyclic) bond motifs is 1. The van der Waals surface area contributed by atoms with Gasteiger partial charge < -0.3 is 14.9 Å². The number of aryl methyl sites for hydroxylation is 2. The molecule has 0 amide bonds. The molecule has 0 bridgehead atoms. The van der Waals surface area contributed by atoms with Gasteiger partial charge in [-0.2, -0.15) is 23.3 Å². The molecule has 1 heteroatoms. The smallest absolute Gasteiger partial charge is 0.358 e. The third-order valence-electron chi connectivity index (χ3n) is 3.03. The van der Waals surface area contributed by atoms with E-state index in [2.05, 4.69) is 63.3 Å². The van der Waals surface area contributed by atoms with Gasteiger partial charge in [0.2, 0.25) is 0 Å². The van der Waals surface area contributed by atoms with Crippen LogP contribution in [0, 0.1) is 34.8 Å². The van der Waals surface area contributed by atoms with Gasteiger partial charge in [-0.05, 0) is 6.92 Å². The molecule has 0 saturated carbocycles. The molecule has 3 rings (SSSR count). The summed E-state index contributed by atoms with van der Waals surface area (Å²) in [5.74, 6) is 0.491. The fourth-order valence-electron chi connectivity index (χ4n) is 1.99. The van der Waals surface area contributed by atoms with E-state index in [1.807, 2.05) is 12.1 Å². The molecule has 0 heterocycles. The first-order valence-corrected chi connectivity index (χ1v) is 6.05. The van der Waals surface area contributed by atoms with Gasteiger partial charge in [0.05, 0.1) is 0 Å². The Balaban J connectivity index is 0. The maximum Gasteiger partial charge on any atom is 4.00 e. The molecular formula is C19H24Hf. The van der Waals surface area contributed by atoms with E-state index in [0.29, 0.717) is 5.92 Å². The van der Waals surface area contributed by atoms with Crippen LogP contribution >= 0.6 is 0 Å². The summed E-state index contributed by atoms with van der Waals surface area (Å²) in [6.45, 7) is 6.38. The Morgan fingerprint density at radius 2 is 1.70 bits per heavy atom. The van der Waals surface area contributed by atoms with E-state index < -0.39 is 0 Å². The molecule has 0 saturated heterocycles. The normalized spacial score (nSPS) is 13.8. The topological polar surface area (TPSA) is 0 Å². The van der Waals surface area contributed by atoms with Gasteiger partial charge in [-0.3, -0.25) is 6.08 Å². The monoisotopic (exact) mass is 432 g/mol. The van der Waals surface area contributed by atoms with Crippen LogP contribution in [0.25, 0.3) is 6.08 Å². The van der Waals surface area contributed by atoms with Crippen molar-refractivity contribution in [3.63, 3.8) is 0 Å². The standard InChI is InChI=1S/C11H11.C6H7.2CH3.Hf/c1-8-3-6-11-9(2)4-5-10(11)7-8;1-6-4-2-3-5-6;;;/h3,5-7,9H,1-2H3;2-5H,1H3;2*1H3;/q4*-1;+4. The number of rotatable bonds is 0. The van der Waals surface area contributed by atoms with E-state index >= 15 is 0 Å². The van der Waals surface area contributed by atoms with Crippen molar-refractivity contribution in [2.45, 2.75) is 26.7 Å². The molecule has 0 fully saturated rings. The molecule has 0 spiro atoms. The third-order valence-corrected chi connectivity index (χ3v) is 3.03. The second-order valence-corrected chi connectivity index (χ2v) is 4.63. The minimum atomic E-state index is 0. The van der Waals surface area contributed by atoms with Crippen molar-refractivity contribution in [1.82, 2.24) is 0 Å². The van der Waals surface area contributed by atoms with Crippen LogP contribution in [0.15, 0.2) is 42.5 Å². The van der Waals surface area contributed by atoms with Gasteiger partial charge in [0, 0.05) is 0 Å². The fourth-order valence-corrected chi connectivity index (χ4v) is 1.99. The maximum atomic E-state index is 3.29. The van der Waals surface area contributed by atoms with Crippen LogP contribution in [0.4, 0.5) is 0 Å². The van der Waals surface area contributed by atoms with E-state index in [1.165, 1.54) is 22.3 Å². The Hall–Kier alpha value is -0.820. The predicted molar refractivity (Wildman–Crippen MR) is 86.9 cm³/mol. The minimum absolute atomic E-state index is 0. The van der Waals surface area contributed by atoms with Crippen molar-refractivity contribution in [2.24, 2.45) is 0 Å². The predicted octanol–water partition coefficient (Wildman–Crippen LogP) is 5.54. The SMILES string of the molecule is C[c-]1cccc1.Cc1ccc2c(c1)C=[C-]C2C.[CH3-].[CH3-].[Hf+4]. The Morgan fingerprint density at radius 1 is 1.10 bits per heavy atom. The average Bonchev–Trinajstić information content (AvgIpc) is 2.90. The van der Waals surface area contributed by atoms with E-state index in [4.69, 9.17) is 0 Å². The van der Waals surface area contributed by atoms with Gasteiger partial charge in [-0.25, -0.2) is 18.2 Å². The molecule has 1 aliphatic carbocycles. The minimum Gasteiger partial charge on any atom is -0.358 e. The van der Waals surface area contributed by atoms with E-state index in [1.54, 1.807) is 0 Å². The fraction of sp³-hybridized carbons (Fsp3) is 0.211. The second-order valence-electron chi connectivity index (χ2n) is 4.63. The van der Waals surface area contributed by atoms with Crippen molar-refractivity contribution >= 4 is 6.08 Å². The van der Waals surface area contributed by atoms with E-state index in [-0.39, 0.29) is 40.7 Å². The second kappa shape index (κ2) is 9.99. The number of allylic oxidation sites excluding steroid dienone is 1. The van der Waals surface area contributed by atoms with Crippen molar-refractivity contribution in [1.29, 1.82) is 0 Å². The zero-order valence-corrected chi connectivity index (χ0v) is 16.8. The van der Waals surface area contributed by atoms with Crippen molar-refractivity contribution in [3.8, 4) is 0 Å². The summed E-state index contributed by atoms with van der Waals surface area (Å²) in [6.07, 6.45) is 5.38. The molecule has 0 aromatic heterocycles. The van der Waals surface area contributed by atoms with E-state index in [9.17, 15) is 0 Å². The first kappa shape index (κ1) is 21.5. The zero-order valence-electron chi connectivity index (χ0n) is 13.2. The van der Waals surface area contributed by atoms with Gasteiger partial charge in [0.25, 0.3) is 0 Å². The van der Waals surface area contributed by atoms with Crippen LogP contribution in [0.5, 0.6) is 0 Å². The van der Waals surface area contributed by atoms with Crippen LogP contribution in [-0.4, -0.2) is 0 Å². The molecule has 1 atom stereocenters. The molecule has 104 valence electrons. The summed E-state index contributed by atoms with van der Waals surface area (Å²) in [6, 6.07) is 14.8. The van der Waals surface area contributed by atoms with Gasteiger partial charge in [0.1, 0.15) is 0 Å². The van der Waals surface area contributed by atoms with Crippen LogP contribution in [0.2, 0.25) is 0 Å². The van der Waals surface area contributed by atoms with Gasteiger partial charge in [-0.1, -0.05) is 37.5 Å². The summed E-state index contributed by atoms with van der Waals surface area (Å²) in [5.41, 5.74) is 5.43. The van der Waals surface area contributed by atoms with Gasteiger partial charge in [-0.15, -0.1) is 11.6 Å². The molecule has 0 aliphatic heterocycles. The molecule has 1 aliphatic rings. The Bertz CT molecular complexity index is 507. The van der Waals surface area contributed by atoms with Gasteiger partial charge in [0.15, 0.2) is 0 Å². The average molecular weight is 431 g/mol. The molecular weight excluding hydrogens is 407 g/mol. The molecule has 0 nitrogen and oxygen atoms in total. The quantitative estimate of drug-likeness (QED) is 0.380. The third kappa shape index (κ3) is 5.66. The zero-order chi connectivity index (χ0) is 12.3. The molecule has 2 aromatic rings. The summed E-state index contributed by atoms with van der Waals surface area (Å²) in [7, 11) is 0. The van der Waals surface area contributed by atoms with Crippen molar-refractivity contribution < 1.29 is 25.8 Å². The van der Waals surface area contributed by atoms with Crippen LogP contribution in [-0.2, 0) is 25.8 Å². The number of benzene rings is 1. The first-order chi connectivity index (χ1) is 8.16. The number of hydrogen-bond donors (Lipinski definition) is 0. The van der Waals surface area contributed by atoms with Crippen LogP contribution < -0.4 is 0 Å². The van der Waals surface area contributed by atoms with Crippen molar-refractivity contribution in [3.05, 3.63) is 85.6 Å². The molecule has 0 radical (unpaired) electrons. The Labute approximate surface area is 144 Å². The van der Waals surface area contributed by atoms with Gasteiger partial charge >= 0.3 is 25.8 Å². The Morgan fingerprint density at radius 3 is 2.20 bits per heavy atom. The van der Waals surface area contributed by atoms with Crippen LogP contribution in [0.1, 0.15) is 35.1 Å². The largest absolute Gasteiger partial charge is 4.00 e. The summed E-state index contributed by atoms with van der Waals surface area (Å²) >= 11 is 0. The molecule has 1 unspecified atom stereocenters. The Kier molecular flexibility index (Phi) is 10.7. The molecule has 20 heavy (non-hydrogen) atoms. The maximum absolute atomic E-state index is 3.29. The number of hydrogen-bond acceptors (Lipinski definition) is 0. The van der Waals surface area contributed by atoms with Crippen LogP contribution in [0.3, 0.4) is 0 Å². The van der Waals surface area contributed by atoms with E-state index in [0.717, 1.165) is 0 Å². The summed E-state index contributed by atoms with van der Waals surface area (Å²) < 4.78 is 0.